The van der Waals surface area contributed by atoms with Crippen molar-refractivity contribution in [3.8, 4) is 0 Å². The van der Waals surface area contributed by atoms with E-state index in [1.165, 1.54) is 11.1 Å². The molecule has 1 aromatic heterocycles. The Morgan fingerprint density at radius 2 is 2.14 bits per heavy atom. The molecule has 110 valence electrons. The quantitative estimate of drug-likeness (QED) is 0.812. The molecular weight excluding hydrogens is 266 g/mol. The van der Waals surface area contributed by atoms with Crippen molar-refractivity contribution in [3.05, 3.63) is 47.0 Å². The number of fused-ring (bicyclic) bond motifs is 1. The maximum atomic E-state index is 11.7. The van der Waals surface area contributed by atoms with Gasteiger partial charge in [0.15, 0.2) is 0 Å². The molecule has 1 atom stereocenters. The third-order valence-electron chi connectivity index (χ3n) is 3.97. The lowest BCUT2D eigenvalue weighted by Crippen LogP contribution is -2.16. The molecule has 21 heavy (non-hydrogen) atoms. The fourth-order valence-electron chi connectivity index (χ4n) is 2.95. The zero-order valence-electron chi connectivity index (χ0n) is 12.4. The second-order valence-electron chi connectivity index (χ2n) is 5.35. The maximum Gasteiger partial charge on any atom is 0.378 e. The van der Waals surface area contributed by atoms with Crippen LogP contribution in [0.3, 0.4) is 0 Å². The molecule has 2 aromatic rings. The van der Waals surface area contributed by atoms with Gasteiger partial charge in [-0.15, -0.1) is 5.10 Å². The van der Waals surface area contributed by atoms with Crippen LogP contribution >= 0.6 is 0 Å². The molecule has 0 fully saturated rings. The van der Waals surface area contributed by atoms with E-state index in [0.29, 0.717) is 12.5 Å². The SMILES string of the molecule is CCOC(=O)c1nc(C2CCc3ccccc3C2)n(C)n1. The van der Waals surface area contributed by atoms with Crippen LogP contribution in [0.4, 0.5) is 0 Å². The molecule has 1 heterocycles. The highest BCUT2D eigenvalue weighted by molar-refractivity contribution is 5.85. The number of hydrogen-bond donors (Lipinski definition) is 0. The van der Waals surface area contributed by atoms with Crippen LogP contribution < -0.4 is 0 Å². The van der Waals surface area contributed by atoms with E-state index in [4.69, 9.17) is 4.74 Å². The van der Waals surface area contributed by atoms with Gasteiger partial charge in [-0.05, 0) is 37.3 Å². The molecule has 0 saturated carbocycles. The van der Waals surface area contributed by atoms with Crippen LogP contribution in [0.5, 0.6) is 0 Å². The van der Waals surface area contributed by atoms with Gasteiger partial charge in [-0.1, -0.05) is 24.3 Å². The van der Waals surface area contributed by atoms with Crippen LogP contribution in [0.15, 0.2) is 24.3 Å². The third-order valence-corrected chi connectivity index (χ3v) is 3.97. The van der Waals surface area contributed by atoms with Crippen LogP contribution in [-0.4, -0.2) is 27.3 Å². The second kappa shape index (κ2) is 5.68. The molecule has 1 unspecified atom stereocenters. The maximum absolute atomic E-state index is 11.7. The largest absolute Gasteiger partial charge is 0.460 e. The highest BCUT2D eigenvalue weighted by atomic mass is 16.5. The van der Waals surface area contributed by atoms with E-state index in [-0.39, 0.29) is 5.82 Å². The lowest BCUT2D eigenvalue weighted by molar-refractivity contribution is 0.0511. The summed E-state index contributed by atoms with van der Waals surface area (Å²) in [6, 6.07) is 8.51. The summed E-state index contributed by atoms with van der Waals surface area (Å²) in [6.07, 6.45) is 3.03. The van der Waals surface area contributed by atoms with Gasteiger partial charge in [-0.3, -0.25) is 4.68 Å². The molecule has 1 aromatic carbocycles. The van der Waals surface area contributed by atoms with Crippen molar-refractivity contribution in [3.63, 3.8) is 0 Å². The van der Waals surface area contributed by atoms with Gasteiger partial charge in [0.05, 0.1) is 6.61 Å². The molecule has 0 spiro atoms. The normalized spacial score (nSPS) is 17.3. The van der Waals surface area contributed by atoms with Gasteiger partial charge in [-0.2, -0.15) is 0 Å². The Kier molecular flexibility index (Phi) is 3.73. The van der Waals surface area contributed by atoms with Crippen molar-refractivity contribution in [2.45, 2.75) is 32.1 Å². The summed E-state index contributed by atoms with van der Waals surface area (Å²) in [6.45, 7) is 2.11. The van der Waals surface area contributed by atoms with Crippen molar-refractivity contribution >= 4 is 5.97 Å². The molecule has 5 nitrogen and oxygen atoms in total. The van der Waals surface area contributed by atoms with Crippen LogP contribution in [0.25, 0.3) is 0 Å². The molecule has 1 aliphatic rings. The number of aromatic nitrogens is 3. The van der Waals surface area contributed by atoms with Crippen LogP contribution in [-0.2, 0) is 24.6 Å². The van der Waals surface area contributed by atoms with E-state index in [2.05, 4.69) is 34.3 Å². The zero-order valence-corrected chi connectivity index (χ0v) is 12.4. The van der Waals surface area contributed by atoms with E-state index in [1.54, 1.807) is 11.6 Å². The van der Waals surface area contributed by atoms with Crippen molar-refractivity contribution in [1.82, 2.24) is 14.8 Å². The molecule has 0 amide bonds. The second-order valence-corrected chi connectivity index (χ2v) is 5.35. The van der Waals surface area contributed by atoms with Crippen molar-refractivity contribution in [1.29, 1.82) is 0 Å². The summed E-state index contributed by atoms with van der Waals surface area (Å²) in [5.74, 6) is 0.886. The fraction of sp³-hybridized carbons (Fsp3) is 0.438. The van der Waals surface area contributed by atoms with Crippen LogP contribution in [0.1, 0.15) is 46.8 Å². The van der Waals surface area contributed by atoms with Crippen molar-refractivity contribution in [2.75, 3.05) is 6.61 Å². The van der Waals surface area contributed by atoms with E-state index < -0.39 is 5.97 Å². The Morgan fingerprint density at radius 3 is 2.90 bits per heavy atom. The van der Waals surface area contributed by atoms with E-state index in [1.807, 2.05) is 7.05 Å². The monoisotopic (exact) mass is 285 g/mol. The third kappa shape index (κ3) is 2.68. The predicted molar refractivity (Wildman–Crippen MR) is 78.2 cm³/mol. The summed E-state index contributed by atoms with van der Waals surface area (Å²) in [7, 11) is 1.84. The number of esters is 1. The van der Waals surface area contributed by atoms with Crippen LogP contribution in [0.2, 0.25) is 0 Å². The predicted octanol–water partition coefficient (Wildman–Crippen LogP) is 2.26. The molecule has 0 aliphatic heterocycles. The first-order valence-electron chi connectivity index (χ1n) is 7.34. The Labute approximate surface area is 124 Å². The van der Waals surface area contributed by atoms with E-state index in [0.717, 1.165) is 25.1 Å². The number of hydrogen-bond acceptors (Lipinski definition) is 4. The molecule has 0 bridgehead atoms. The van der Waals surface area contributed by atoms with E-state index in [9.17, 15) is 4.79 Å². The van der Waals surface area contributed by atoms with Gasteiger partial charge in [0.1, 0.15) is 5.82 Å². The minimum Gasteiger partial charge on any atom is -0.460 e. The Morgan fingerprint density at radius 1 is 1.38 bits per heavy atom. The van der Waals surface area contributed by atoms with Gasteiger partial charge in [0, 0.05) is 13.0 Å². The lowest BCUT2D eigenvalue weighted by atomic mass is 9.83. The van der Waals surface area contributed by atoms with Crippen LogP contribution in [0, 0.1) is 0 Å². The molecule has 3 rings (SSSR count). The number of nitrogens with zero attached hydrogens (tertiary/aromatic N) is 3. The fourth-order valence-corrected chi connectivity index (χ4v) is 2.95. The molecule has 1 aliphatic carbocycles. The highest BCUT2D eigenvalue weighted by Crippen LogP contribution is 2.31. The lowest BCUT2D eigenvalue weighted by Gasteiger charge is -2.23. The topological polar surface area (TPSA) is 57.0 Å². The Balaban J connectivity index is 1.84. The molecule has 0 radical (unpaired) electrons. The van der Waals surface area contributed by atoms with Gasteiger partial charge in [0.25, 0.3) is 5.82 Å². The van der Waals surface area contributed by atoms with Gasteiger partial charge in [0.2, 0.25) is 0 Å². The number of ether oxygens (including phenoxy) is 1. The van der Waals surface area contributed by atoms with Crippen molar-refractivity contribution in [2.24, 2.45) is 7.05 Å². The first kappa shape index (κ1) is 13.8. The highest BCUT2D eigenvalue weighted by Gasteiger charge is 2.26. The molecule has 5 heteroatoms. The van der Waals surface area contributed by atoms with Gasteiger partial charge in [-0.25, -0.2) is 9.78 Å². The molecule has 0 saturated heterocycles. The molecular formula is C16H19N3O2. The van der Waals surface area contributed by atoms with Gasteiger partial charge >= 0.3 is 5.97 Å². The number of carbonyl (C=O) groups excluding carboxylic acids is 1. The summed E-state index contributed by atoms with van der Waals surface area (Å²) < 4.78 is 6.68. The zero-order chi connectivity index (χ0) is 14.8. The first-order valence-corrected chi connectivity index (χ1v) is 7.34. The smallest absolute Gasteiger partial charge is 0.378 e. The number of benzene rings is 1. The average Bonchev–Trinajstić information content (AvgIpc) is 2.89. The van der Waals surface area contributed by atoms with E-state index >= 15 is 0 Å². The van der Waals surface area contributed by atoms with Crippen molar-refractivity contribution < 1.29 is 9.53 Å². The minimum absolute atomic E-state index is 0.160. The van der Waals surface area contributed by atoms with Gasteiger partial charge < -0.3 is 4.74 Å². The summed E-state index contributed by atoms with van der Waals surface area (Å²) in [5, 5.41) is 4.19. The average molecular weight is 285 g/mol. The number of rotatable bonds is 3. The summed E-state index contributed by atoms with van der Waals surface area (Å²) >= 11 is 0. The summed E-state index contributed by atoms with van der Waals surface area (Å²) in [4.78, 5) is 16.1. The molecule has 0 N–H and O–H groups in total. The summed E-state index contributed by atoms with van der Waals surface area (Å²) in [5.41, 5.74) is 2.79. The Bertz CT molecular complexity index is 663. The number of carbonyl (C=O) groups is 1. The standard InChI is InChI=1S/C16H19N3O2/c1-3-21-16(20)14-17-15(19(2)18-14)13-9-8-11-6-4-5-7-12(11)10-13/h4-7,13H,3,8-10H2,1-2H3. The Hall–Kier alpha value is -2.17. The number of aryl methyl sites for hydroxylation is 2. The first-order chi connectivity index (χ1) is 10.2. The minimum atomic E-state index is -0.449.